The van der Waals surface area contributed by atoms with Gasteiger partial charge in [-0.25, -0.2) is 4.79 Å². The summed E-state index contributed by atoms with van der Waals surface area (Å²) in [5.74, 6) is 2.05. The molecule has 7 nitrogen and oxygen atoms in total. The Bertz CT molecular complexity index is 714. The molecule has 136 valence electrons. The van der Waals surface area contributed by atoms with Gasteiger partial charge in [-0.15, -0.1) is 0 Å². The molecular formula is C18H25N3O4. The summed E-state index contributed by atoms with van der Waals surface area (Å²) >= 11 is 0. The Hall–Kier alpha value is -2.70. The zero-order valence-corrected chi connectivity index (χ0v) is 15.3. The Balaban J connectivity index is 2.00. The third kappa shape index (κ3) is 4.89. The first-order valence-corrected chi connectivity index (χ1v) is 8.19. The summed E-state index contributed by atoms with van der Waals surface area (Å²) in [6.45, 7) is 6.60. The number of carbonyl (C=O) groups excluding carboxylic acids is 1. The molecule has 1 atom stereocenters. The predicted octanol–water partition coefficient (Wildman–Crippen LogP) is 3.29. The number of aromatic nitrogens is 1. The van der Waals surface area contributed by atoms with Crippen molar-refractivity contribution in [2.75, 3.05) is 20.8 Å². The number of urea groups is 1. The molecule has 1 aromatic heterocycles. The lowest BCUT2D eigenvalue weighted by atomic mass is 10.1. The molecule has 7 heteroatoms. The van der Waals surface area contributed by atoms with Crippen LogP contribution in [0.3, 0.4) is 0 Å². The minimum absolute atomic E-state index is 0.182. The average Bonchev–Trinajstić information content (AvgIpc) is 3.00. The monoisotopic (exact) mass is 347 g/mol. The average molecular weight is 347 g/mol. The van der Waals surface area contributed by atoms with Crippen LogP contribution in [0.25, 0.3) is 0 Å². The van der Waals surface area contributed by atoms with Crippen LogP contribution in [-0.4, -0.2) is 36.9 Å². The van der Waals surface area contributed by atoms with E-state index in [-0.39, 0.29) is 12.1 Å². The second-order valence-corrected chi connectivity index (χ2v) is 5.80. The van der Waals surface area contributed by atoms with Gasteiger partial charge >= 0.3 is 6.03 Å². The zero-order valence-electron chi connectivity index (χ0n) is 15.3. The van der Waals surface area contributed by atoms with E-state index in [0.717, 1.165) is 11.3 Å². The van der Waals surface area contributed by atoms with E-state index < -0.39 is 0 Å². The number of amides is 2. The summed E-state index contributed by atoms with van der Waals surface area (Å²) in [6.07, 6.45) is 0. The number of ether oxygens (including phenoxy) is 2. The standard InChI is InChI=1S/C18H25N3O4/c1-6-24-16-8-7-14(10-17(16)23-5)13(3)19-18(22)21(4)11-15-9-12(2)25-20-15/h7-10,13H,6,11H2,1-5H3,(H,19,22)/t13-/m0/s1. The smallest absolute Gasteiger partial charge is 0.317 e. The number of nitrogens with zero attached hydrogens (tertiary/aromatic N) is 2. The normalized spacial score (nSPS) is 11.7. The van der Waals surface area contributed by atoms with Gasteiger partial charge in [-0.1, -0.05) is 11.2 Å². The van der Waals surface area contributed by atoms with E-state index in [0.29, 0.717) is 30.3 Å². The summed E-state index contributed by atoms with van der Waals surface area (Å²) in [4.78, 5) is 13.9. The molecule has 0 spiro atoms. The second kappa shape index (κ2) is 8.41. The van der Waals surface area contributed by atoms with E-state index in [1.807, 2.05) is 45.0 Å². The van der Waals surface area contributed by atoms with E-state index in [1.54, 1.807) is 19.1 Å². The van der Waals surface area contributed by atoms with Crippen molar-refractivity contribution in [3.05, 3.63) is 41.3 Å². The van der Waals surface area contributed by atoms with Gasteiger partial charge in [-0.2, -0.15) is 0 Å². The first kappa shape index (κ1) is 18.6. The fourth-order valence-electron chi connectivity index (χ4n) is 2.41. The molecule has 0 saturated carbocycles. The minimum Gasteiger partial charge on any atom is -0.493 e. The van der Waals surface area contributed by atoms with Gasteiger partial charge in [-0.05, 0) is 38.5 Å². The summed E-state index contributed by atoms with van der Waals surface area (Å²) in [5.41, 5.74) is 1.64. The van der Waals surface area contributed by atoms with Gasteiger partial charge in [0.2, 0.25) is 0 Å². The molecule has 2 amide bonds. The lowest BCUT2D eigenvalue weighted by Gasteiger charge is -2.21. The van der Waals surface area contributed by atoms with Crippen LogP contribution < -0.4 is 14.8 Å². The number of hydrogen-bond donors (Lipinski definition) is 1. The molecule has 1 heterocycles. The van der Waals surface area contributed by atoms with Crippen molar-refractivity contribution in [3.8, 4) is 11.5 Å². The van der Waals surface area contributed by atoms with Crippen LogP contribution in [0.5, 0.6) is 11.5 Å². The highest BCUT2D eigenvalue weighted by Crippen LogP contribution is 2.30. The molecule has 0 radical (unpaired) electrons. The van der Waals surface area contributed by atoms with Crippen LogP contribution in [0.1, 0.15) is 36.9 Å². The van der Waals surface area contributed by atoms with Crippen molar-refractivity contribution in [2.45, 2.75) is 33.4 Å². The zero-order chi connectivity index (χ0) is 18.4. The number of aryl methyl sites for hydroxylation is 1. The first-order chi connectivity index (χ1) is 11.9. The molecular weight excluding hydrogens is 322 g/mol. The van der Waals surface area contributed by atoms with Crippen molar-refractivity contribution in [3.63, 3.8) is 0 Å². The maximum atomic E-state index is 12.4. The molecule has 0 unspecified atom stereocenters. The molecule has 0 saturated heterocycles. The first-order valence-electron chi connectivity index (χ1n) is 8.19. The Kier molecular flexibility index (Phi) is 6.27. The van der Waals surface area contributed by atoms with Gasteiger partial charge in [0.25, 0.3) is 0 Å². The van der Waals surface area contributed by atoms with Crippen LogP contribution in [0.4, 0.5) is 4.79 Å². The highest BCUT2D eigenvalue weighted by Gasteiger charge is 2.16. The molecule has 0 bridgehead atoms. The Morgan fingerprint density at radius 2 is 2.12 bits per heavy atom. The largest absolute Gasteiger partial charge is 0.493 e. The van der Waals surface area contributed by atoms with Gasteiger partial charge in [0.1, 0.15) is 11.5 Å². The van der Waals surface area contributed by atoms with Gasteiger partial charge < -0.3 is 24.2 Å². The molecule has 0 aliphatic rings. The molecule has 1 N–H and O–H groups in total. The van der Waals surface area contributed by atoms with Gasteiger partial charge in [0, 0.05) is 13.1 Å². The lowest BCUT2D eigenvalue weighted by molar-refractivity contribution is 0.202. The molecule has 0 fully saturated rings. The van der Waals surface area contributed by atoms with Crippen molar-refractivity contribution >= 4 is 6.03 Å². The van der Waals surface area contributed by atoms with E-state index in [1.165, 1.54) is 0 Å². The fraction of sp³-hybridized carbons (Fsp3) is 0.444. The van der Waals surface area contributed by atoms with Gasteiger partial charge in [-0.3, -0.25) is 0 Å². The van der Waals surface area contributed by atoms with Crippen molar-refractivity contribution in [2.24, 2.45) is 0 Å². The molecule has 0 aliphatic carbocycles. The van der Waals surface area contributed by atoms with Crippen LogP contribution in [0.2, 0.25) is 0 Å². The third-order valence-corrected chi connectivity index (χ3v) is 3.75. The Morgan fingerprint density at radius 1 is 1.36 bits per heavy atom. The van der Waals surface area contributed by atoms with Crippen LogP contribution in [-0.2, 0) is 6.54 Å². The van der Waals surface area contributed by atoms with E-state index in [9.17, 15) is 4.79 Å². The fourth-order valence-corrected chi connectivity index (χ4v) is 2.41. The van der Waals surface area contributed by atoms with Crippen LogP contribution >= 0.6 is 0 Å². The van der Waals surface area contributed by atoms with Crippen molar-refractivity contribution < 1.29 is 18.8 Å². The minimum atomic E-state index is -0.194. The number of hydrogen-bond acceptors (Lipinski definition) is 5. The Morgan fingerprint density at radius 3 is 2.72 bits per heavy atom. The summed E-state index contributed by atoms with van der Waals surface area (Å²) in [7, 11) is 3.31. The lowest BCUT2D eigenvalue weighted by Crippen LogP contribution is -2.38. The highest BCUT2D eigenvalue weighted by molar-refractivity contribution is 5.74. The second-order valence-electron chi connectivity index (χ2n) is 5.80. The van der Waals surface area contributed by atoms with E-state index in [4.69, 9.17) is 14.0 Å². The van der Waals surface area contributed by atoms with Crippen LogP contribution in [0, 0.1) is 6.92 Å². The maximum Gasteiger partial charge on any atom is 0.317 e. The molecule has 1 aromatic carbocycles. The number of benzene rings is 1. The summed E-state index contributed by atoms with van der Waals surface area (Å²) in [6, 6.07) is 7.07. The molecule has 2 rings (SSSR count). The summed E-state index contributed by atoms with van der Waals surface area (Å²) < 4.78 is 15.9. The van der Waals surface area contributed by atoms with Gasteiger partial charge in [0.05, 0.1) is 26.3 Å². The Labute approximate surface area is 147 Å². The number of methoxy groups -OCH3 is 1. The number of carbonyl (C=O) groups is 1. The van der Waals surface area contributed by atoms with Gasteiger partial charge in [0.15, 0.2) is 11.5 Å². The van der Waals surface area contributed by atoms with E-state index in [2.05, 4.69) is 10.5 Å². The number of nitrogens with one attached hydrogen (secondary N) is 1. The maximum absolute atomic E-state index is 12.4. The summed E-state index contributed by atoms with van der Waals surface area (Å²) in [5, 5.41) is 6.86. The SMILES string of the molecule is CCOc1ccc([C@H](C)NC(=O)N(C)Cc2cc(C)on2)cc1OC. The predicted molar refractivity (Wildman–Crippen MR) is 93.8 cm³/mol. The molecule has 25 heavy (non-hydrogen) atoms. The topological polar surface area (TPSA) is 76.8 Å². The van der Waals surface area contributed by atoms with E-state index >= 15 is 0 Å². The third-order valence-electron chi connectivity index (χ3n) is 3.75. The molecule has 2 aromatic rings. The molecule has 0 aliphatic heterocycles. The number of rotatable bonds is 7. The van der Waals surface area contributed by atoms with Crippen molar-refractivity contribution in [1.82, 2.24) is 15.4 Å². The van der Waals surface area contributed by atoms with Crippen LogP contribution in [0.15, 0.2) is 28.8 Å². The quantitative estimate of drug-likeness (QED) is 0.831. The highest BCUT2D eigenvalue weighted by atomic mass is 16.5. The van der Waals surface area contributed by atoms with Crippen molar-refractivity contribution in [1.29, 1.82) is 0 Å².